The number of carbonyl (C=O) groups excluding carboxylic acids is 2. The second kappa shape index (κ2) is 6.66. The lowest BCUT2D eigenvalue weighted by Gasteiger charge is -2.37. The fraction of sp³-hybridized carbons (Fsp3) is 0.357. The van der Waals surface area contributed by atoms with Crippen LogP contribution in [0.2, 0.25) is 5.02 Å². The molecule has 1 saturated heterocycles. The maximum absolute atomic E-state index is 12.1. The van der Waals surface area contributed by atoms with Gasteiger partial charge in [0, 0.05) is 24.5 Å². The van der Waals surface area contributed by atoms with Gasteiger partial charge < -0.3 is 15.3 Å². The van der Waals surface area contributed by atoms with Crippen LogP contribution >= 0.6 is 27.5 Å². The van der Waals surface area contributed by atoms with Crippen molar-refractivity contribution in [1.29, 1.82) is 0 Å². The monoisotopic (exact) mass is 388 g/mol. The van der Waals surface area contributed by atoms with Gasteiger partial charge in [-0.1, -0.05) is 17.7 Å². The van der Waals surface area contributed by atoms with Gasteiger partial charge in [-0.3, -0.25) is 9.59 Å². The van der Waals surface area contributed by atoms with E-state index < -0.39 is 12.0 Å². The predicted molar refractivity (Wildman–Crippen MR) is 83.4 cm³/mol. The van der Waals surface area contributed by atoms with Crippen molar-refractivity contribution in [2.24, 2.45) is 5.92 Å². The molecule has 0 spiro atoms. The van der Waals surface area contributed by atoms with Crippen LogP contribution in [0.4, 0.5) is 0 Å². The highest BCUT2D eigenvalue weighted by Gasteiger charge is 2.36. The van der Waals surface area contributed by atoms with Gasteiger partial charge in [0.1, 0.15) is 0 Å². The topological polar surface area (TPSA) is 86.7 Å². The van der Waals surface area contributed by atoms with Gasteiger partial charge in [-0.25, -0.2) is 4.79 Å². The smallest absolute Gasteiger partial charge is 0.330 e. The van der Waals surface area contributed by atoms with Crippen LogP contribution in [0.5, 0.6) is 0 Å². The van der Waals surface area contributed by atoms with Crippen molar-refractivity contribution < 1.29 is 19.5 Å². The van der Waals surface area contributed by atoms with E-state index in [0.717, 1.165) is 0 Å². The average molecular weight is 390 g/mol. The van der Waals surface area contributed by atoms with Crippen LogP contribution in [-0.2, 0) is 14.4 Å². The molecule has 6 nitrogen and oxygen atoms in total. The Labute approximate surface area is 140 Å². The molecule has 0 radical (unpaired) electrons. The number of hydrogen-bond acceptors (Lipinski definition) is 3. The molecule has 2 amide bonds. The molecule has 118 valence electrons. The fourth-order valence-electron chi connectivity index (χ4n) is 2.14. The first-order chi connectivity index (χ1) is 10.3. The molecular formula is C14H14BrClN2O4. The van der Waals surface area contributed by atoms with Gasteiger partial charge in [0.25, 0.3) is 0 Å². The highest BCUT2D eigenvalue weighted by Crippen LogP contribution is 2.27. The van der Waals surface area contributed by atoms with E-state index in [1.807, 2.05) is 0 Å². The van der Waals surface area contributed by atoms with Gasteiger partial charge in [-0.2, -0.15) is 0 Å². The third-order valence-electron chi connectivity index (χ3n) is 3.51. The quantitative estimate of drug-likeness (QED) is 0.822. The summed E-state index contributed by atoms with van der Waals surface area (Å²) in [6.45, 7) is 2.06. The zero-order valence-electron chi connectivity index (χ0n) is 11.7. The normalized spacial score (nSPS) is 15.9. The Hall–Kier alpha value is -1.60. The average Bonchev–Trinajstić information content (AvgIpc) is 2.36. The van der Waals surface area contributed by atoms with Crippen LogP contribution in [0.3, 0.4) is 0 Å². The molecule has 1 unspecified atom stereocenters. The fourth-order valence-corrected chi connectivity index (χ4v) is 2.66. The lowest BCUT2D eigenvalue weighted by atomic mass is 9.98. The number of halogens is 2. The molecule has 1 aromatic rings. The minimum absolute atomic E-state index is 0.0968. The van der Waals surface area contributed by atoms with E-state index in [0.29, 0.717) is 28.1 Å². The zero-order chi connectivity index (χ0) is 16.4. The van der Waals surface area contributed by atoms with E-state index in [1.54, 1.807) is 18.2 Å². The summed E-state index contributed by atoms with van der Waals surface area (Å²) in [6.07, 6.45) is 0. The number of carboxylic acids is 1. The Balaban J connectivity index is 2.06. The second-order valence-corrected chi connectivity index (χ2v) is 6.34. The molecule has 1 aromatic carbocycles. The minimum atomic E-state index is -1.16. The molecule has 8 heteroatoms. The van der Waals surface area contributed by atoms with E-state index in [4.69, 9.17) is 11.6 Å². The molecule has 1 aliphatic heterocycles. The number of amides is 2. The number of benzene rings is 1. The molecular weight excluding hydrogens is 376 g/mol. The number of hydrogen-bond donors (Lipinski definition) is 2. The standard InChI is InChI=1S/C14H14BrClN2O4/c1-7(19)18-5-9(6-18)13(20)17-12(14(21)22)8-2-3-11(16)10(15)4-8/h2-4,9,12H,5-6H2,1H3,(H,17,20)(H,21,22). The molecule has 1 fully saturated rings. The summed E-state index contributed by atoms with van der Waals surface area (Å²) in [6, 6.07) is 3.51. The van der Waals surface area contributed by atoms with Crippen molar-refractivity contribution in [3.05, 3.63) is 33.3 Å². The molecule has 22 heavy (non-hydrogen) atoms. The highest BCUT2D eigenvalue weighted by atomic mass is 79.9. The highest BCUT2D eigenvalue weighted by molar-refractivity contribution is 9.10. The maximum Gasteiger partial charge on any atom is 0.330 e. The molecule has 1 atom stereocenters. The van der Waals surface area contributed by atoms with E-state index in [2.05, 4.69) is 21.2 Å². The number of nitrogens with one attached hydrogen (secondary N) is 1. The van der Waals surface area contributed by atoms with E-state index in [-0.39, 0.29) is 17.7 Å². The summed E-state index contributed by atoms with van der Waals surface area (Å²) in [5, 5.41) is 12.3. The zero-order valence-corrected chi connectivity index (χ0v) is 14.0. The summed E-state index contributed by atoms with van der Waals surface area (Å²) >= 11 is 9.10. The molecule has 2 N–H and O–H groups in total. The molecule has 0 aliphatic carbocycles. The van der Waals surface area contributed by atoms with Crippen LogP contribution in [0.25, 0.3) is 0 Å². The van der Waals surface area contributed by atoms with Crippen LogP contribution in [0.15, 0.2) is 22.7 Å². The van der Waals surface area contributed by atoms with Gasteiger partial charge >= 0.3 is 5.97 Å². The summed E-state index contributed by atoms with van der Waals surface area (Å²) in [5.41, 5.74) is 0.417. The van der Waals surface area contributed by atoms with Crippen molar-refractivity contribution >= 4 is 45.3 Å². The van der Waals surface area contributed by atoms with Crippen molar-refractivity contribution in [1.82, 2.24) is 10.2 Å². The summed E-state index contributed by atoms with van der Waals surface area (Å²) in [4.78, 5) is 36.1. The second-order valence-electron chi connectivity index (χ2n) is 5.07. The van der Waals surface area contributed by atoms with Crippen LogP contribution in [-0.4, -0.2) is 40.9 Å². The van der Waals surface area contributed by atoms with E-state index in [9.17, 15) is 19.5 Å². The van der Waals surface area contributed by atoms with Gasteiger partial charge in [0.15, 0.2) is 6.04 Å². The Kier molecular flexibility index (Phi) is 5.08. The van der Waals surface area contributed by atoms with Crippen LogP contribution < -0.4 is 5.32 Å². The van der Waals surface area contributed by atoms with Crippen molar-refractivity contribution in [2.75, 3.05) is 13.1 Å². The Morgan fingerprint density at radius 3 is 2.55 bits per heavy atom. The van der Waals surface area contributed by atoms with Crippen molar-refractivity contribution in [3.8, 4) is 0 Å². The van der Waals surface area contributed by atoms with Crippen molar-refractivity contribution in [3.63, 3.8) is 0 Å². The SMILES string of the molecule is CC(=O)N1CC(C(=O)NC(C(=O)O)c2ccc(Cl)c(Br)c2)C1. The third-order valence-corrected chi connectivity index (χ3v) is 4.72. The first kappa shape index (κ1) is 16.8. The molecule has 1 heterocycles. The molecule has 0 aromatic heterocycles. The molecule has 0 bridgehead atoms. The number of carbonyl (C=O) groups is 3. The molecule has 1 aliphatic rings. The Morgan fingerprint density at radius 2 is 2.05 bits per heavy atom. The number of carboxylic acid groups (broad SMARTS) is 1. The van der Waals surface area contributed by atoms with Gasteiger partial charge in [0.05, 0.1) is 10.9 Å². The lowest BCUT2D eigenvalue weighted by Crippen LogP contribution is -2.55. The van der Waals surface area contributed by atoms with Gasteiger partial charge in [-0.15, -0.1) is 0 Å². The van der Waals surface area contributed by atoms with E-state index in [1.165, 1.54) is 11.8 Å². The Bertz CT molecular complexity index is 631. The summed E-state index contributed by atoms with van der Waals surface area (Å²) < 4.78 is 0.554. The summed E-state index contributed by atoms with van der Waals surface area (Å²) in [5.74, 6) is -2.01. The van der Waals surface area contributed by atoms with Gasteiger partial charge in [0.2, 0.25) is 11.8 Å². The number of rotatable bonds is 4. The Morgan fingerprint density at radius 1 is 1.41 bits per heavy atom. The van der Waals surface area contributed by atoms with Crippen LogP contribution in [0, 0.1) is 5.92 Å². The van der Waals surface area contributed by atoms with E-state index >= 15 is 0 Å². The molecule has 0 saturated carbocycles. The number of nitrogens with zero attached hydrogens (tertiary/aromatic N) is 1. The minimum Gasteiger partial charge on any atom is -0.479 e. The largest absolute Gasteiger partial charge is 0.479 e. The first-order valence-corrected chi connectivity index (χ1v) is 7.70. The number of aliphatic carboxylic acids is 1. The number of likely N-dealkylation sites (tertiary alicyclic amines) is 1. The van der Waals surface area contributed by atoms with Crippen molar-refractivity contribution in [2.45, 2.75) is 13.0 Å². The van der Waals surface area contributed by atoms with Crippen LogP contribution in [0.1, 0.15) is 18.5 Å². The third kappa shape index (κ3) is 3.59. The van der Waals surface area contributed by atoms with Gasteiger partial charge in [-0.05, 0) is 33.6 Å². The maximum atomic E-state index is 12.1. The summed E-state index contributed by atoms with van der Waals surface area (Å²) in [7, 11) is 0. The lowest BCUT2D eigenvalue weighted by molar-refractivity contribution is -0.146. The predicted octanol–water partition coefficient (Wildman–Crippen LogP) is 1.82. The first-order valence-electron chi connectivity index (χ1n) is 6.53. The molecule has 2 rings (SSSR count).